The van der Waals surface area contributed by atoms with Gasteiger partial charge >= 0.3 is 0 Å². The number of nitrogens with zero attached hydrogens (tertiary/aromatic N) is 1. The lowest BCUT2D eigenvalue weighted by atomic mass is 10.1. The Kier molecular flexibility index (Phi) is 3.87. The SMILES string of the molecule is CC[C@H]1CCN(CCOC)C1. The van der Waals surface area contributed by atoms with Crippen LogP contribution in [0.3, 0.4) is 0 Å². The van der Waals surface area contributed by atoms with Gasteiger partial charge < -0.3 is 9.64 Å². The second kappa shape index (κ2) is 4.73. The van der Waals surface area contributed by atoms with Crippen LogP contribution < -0.4 is 0 Å². The molecule has 2 heteroatoms. The predicted molar refractivity (Wildman–Crippen MR) is 46.7 cm³/mol. The first-order valence-corrected chi connectivity index (χ1v) is 4.58. The van der Waals surface area contributed by atoms with E-state index in [0.717, 1.165) is 19.1 Å². The van der Waals surface area contributed by atoms with E-state index in [2.05, 4.69) is 11.8 Å². The molecule has 1 aliphatic rings. The molecule has 2 nitrogen and oxygen atoms in total. The number of hydrogen-bond donors (Lipinski definition) is 0. The largest absolute Gasteiger partial charge is 0.383 e. The summed E-state index contributed by atoms with van der Waals surface area (Å²) in [5, 5.41) is 0. The lowest BCUT2D eigenvalue weighted by molar-refractivity contribution is 0.159. The summed E-state index contributed by atoms with van der Waals surface area (Å²) in [6.45, 7) is 6.86. The van der Waals surface area contributed by atoms with Gasteiger partial charge in [0.1, 0.15) is 0 Å². The molecule has 0 aromatic carbocycles. The van der Waals surface area contributed by atoms with Crippen LogP contribution in [0, 0.1) is 5.92 Å². The highest BCUT2D eigenvalue weighted by Gasteiger charge is 2.19. The number of likely N-dealkylation sites (tertiary alicyclic amines) is 1. The lowest BCUT2D eigenvalue weighted by Crippen LogP contribution is -2.24. The first-order valence-electron chi connectivity index (χ1n) is 4.58. The maximum absolute atomic E-state index is 5.03. The fraction of sp³-hybridized carbons (Fsp3) is 1.00. The van der Waals surface area contributed by atoms with Gasteiger partial charge in [-0.05, 0) is 18.9 Å². The van der Waals surface area contributed by atoms with Gasteiger partial charge in [0, 0.05) is 20.2 Å². The second-order valence-electron chi connectivity index (χ2n) is 3.36. The van der Waals surface area contributed by atoms with E-state index in [9.17, 15) is 0 Å². The molecule has 1 atom stereocenters. The van der Waals surface area contributed by atoms with E-state index in [1.54, 1.807) is 7.11 Å². The molecular formula is C9H19NO. The standard InChI is InChI=1S/C9H19NO/c1-3-9-4-5-10(8-9)6-7-11-2/h9H,3-8H2,1-2H3/t9-/m0/s1. The van der Waals surface area contributed by atoms with Crippen molar-refractivity contribution in [2.45, 2.75) is 19.8 Å². The van der Waals surface area contributed by atoms with E-state index in [1.807, 2.05) is 0 Å². The normalized spacial score (nSPS) is 26.2. The zero-order chi connectivity index (χ0) is 8.10. The summed E-state index contributed by atoms with van der Waals surface area (Å²) in [5.41, 5.74) is 0. The van der Waals surface area contributed by atoms with Gasteiger partial charge in [-0.2, -0.15) is 0 Å². The van der Waals surface area contributed by atoms with Gasteiger partial charge in [0.05, 0.1) is 6.61 Å². The van der Waals surface area contributed by atoms with Crippen molar-refractivity contribution in [2.24, 2.45) is 5.92 Å². The highest BCUT2D eigenvalue weighted by Crippen LogP contribution is 2.18. The molecular weight excluding hydrogens is 138 g/mol. The molecule has 0 radical (unpaired) electrons. The van der Waals surface area contributed by atoms with Gasteiger partial charge in [0.25, 0.3) is 0 Å². The molecule has 11 heavy (non-hydrogen) atoms. The van der Waals surface area contributed by atoms with Crippen molar-refractivity contribution in [1.29, 1.82) is 0 Å². The van der Waals surface area contributed by atoms with E-state index in [0.29, 0.717) is 0 Å². The molecule has 0 amide bonds. The summed E-state index contributed by atoms with van der Waals surface area (Å²) >= 11 is 0. The Morgan fingerprint density at radius 2 is 2.36 bits per heavy atom. The summed E-state index contributed by atoms with van der Waals surface area (Å²) < 4.78 is 5.03. The van der Waals surface area contributed by atoms with Gasteiger partial charge in [0.15, 0.2) is 0 Å². The maximum atomic E-state index is 5.03. The molecule has 1 heterocycles. The third-order valence-corrected chi connectivity index (χ3v) is 2.56. The van der Waals surface area contributed by atoms with E-state index in [1.165, 1.54) is 25.9 Å². The maximum Gasteiger partial charge on any atom is 0.0589 e. The van der Waals surface area contributed by atoms with Crippen LogP contribution in [0.4, 0.5) is 0 Å². The summed E-state index contributed by atoms with van der Waals surface area (Å²) in [5.74, 6) is 0.951. The van der Waals surface area contributed by atoms with Crippen LogP contribution in [0.15, 0.2) is 0 Å². The van der Waals surface area contributed by atoms with Crippen LogP contribution in [-0.4, -0.2) is 38.3 Å². The molecule has 1 aliphatic heterocycles. The zero-order valence-electron chi connectivity index (χ0n) is 7.68. The van der Waals surface area contributed by atoms with Crippen LogP contribution in [0.1, 0.15) is 19.8 Å². The van der Waals surface area contributed by atoms with Crippen molar-refractivity contribution >= 4 is 0 Å². The topological polar surface area (TPSA) is 12.5 Å². The number of methoxy groups -OCH3 is 1. The monoisotopic (exact) mass is 157 g/mol. The van der Waals surface area contributed by atoms with Gasteiger partial charge in [-0.25, -0.2) is 0 Å². The molecule has 1 saturated heterocycles. The third-order valence-electron chi connectivity index (χ3n) is 2.56. The quantitative estimate of drug-likeness (QED) is 0.611. The number of rotatable bonds is 4. The van der Waals surface area contributed by atoms with Gasteiger partial charge in [0.2, 0.25) is 0 Å². The van der Waals surface area contributed by atoms with Gasteiger partial charge in [-0.1, -0.05) is 13.3 Å². The minimum atomic E-state index is 0.885. The minimum Gasteiger partial charge on any atom is -0.383 e. The fourth-order valence-corrected chi connectivity index (χ4v) is 1.67. The van der Waals surface area contributed by atoms with Crippen LogP contribution in [0.5, 0.6) is 0 Å². The van der Waals surface area contributed by atoms with E-state index in [4.69, 9.17) is 4.74 Å². The molecule has 0 unspecified atom stereocenters. The van der Waals surface area contributed by atoms with Crippen molar-refractivity contribution in [1.82, 2.24) is 4.90 Å². The molecule has 1 fully saturated rings. The molecule has 0 aliphatic carbocycles. The molecule has 0 saturated carbocycles. The van der Waals surface area contributed by atoms with Crippen molar-refractivity contribution in [3.05, 3.63) is 0 Å². The number of ether oxygens (including phenoxy) is 1. The molecule has 1 rings (SSSR count). The Hall–Kier alpha value is -0.0800. The summed E-state index contributed by atoms with van der Waals surface area (Å²) in [6, 6.07) is 0. The van der Waals surface area contributed by atoms with Crippen LogP contribution in [0.2, 0.25) is 0 Å². The van der Waals surface area contributed by atoms with Crippen molar-refractivity contribution in [3.63, 3.8) is 0 Å². The number of hydrogen-bond acceptors (Lipinski definition) is 2. The van der Waals surface area contributed by atoms with Crippen molar-refractivity contribution in [2.75, 3.05) is 33.4 Å². The Balaban J connectivity index is 2.09. The minimum absolute atomic E-state index is 0.885. The predicted octanol–water partition coefficient (Wildman–Crippen LogP) is 1.36. The Morgan fingerprint density at radius 1 is 1.55 bits per heavy atom. The molecule has 0 bridgehead atoms. The smallest absolute Gasteiger partial charge is 0.0589 e. The Morgan fingerprint density at radius 3 is 2.91 bits per heavy atom. The van der Waals surface area contributed by atoms with Crippen molar-refractivity contribution < 1.29 is 4.74 Å². The summed E-state index contributed by atoms with van der Waals surface area (Å²) in [4.78, 5) is 2.50. The Bertz CT molecular complexity index is 106. The lowest BCUT2D eigenvalue weighted by Gasteiger charge is -2.14. The average molecular weight is 157 g/mol. The molecule has 0 aromatic rings. The third kappa shape index (κ3) is 2.80. The van der Waals surface area contributed by atoms with Crippen molar-refractivity contribution in [3.8, 4) is 0 Å². The first-order chi connectivity index (χ1) is 5.36. The van der Waals surface area contributed by atoms with E-state index in [-0.39, 0.29) is 0 Å². The first kappa shape index (κ1) is 9.01. The molecule has 66 valence electrons. The second-order valence-corrected chi connectivity index (χ2v) is 3.36. The van der Waals surface area contributed by atoms with Crippen LogP contribution in [-0.2, 0) is 4.74 Å². The van der Waals surface area contributed by atoms with Crippen LogP contribution in [0.25, 0.3) is 0 Å². The fourth-order valence-electron chi connectivity index (χ4n) is 1.67. The molecule has 0 N–H and O–H groups in total. The highest BCUT2D eigenvalue weighted by atomic mass is 16.5. The van der Waals surface area contributed by atoms with E-state index >= 15 is 0 Å². The van der Waals surface area contributed by atoms with Crippen LogP contribution >= 0.6 is 0 Å². The van der Waals surface area contributed by atoms with Gasteiger partial charge in [-0.15, -0.1) is 0 Å². The highest BCUT2D eigenvalue weighted by molar-refractivity contribution is 4.73. The summed E-state index contributed by atoms with van der Waals surface area (Å²) in [6.07, 6.45) is 2.73. The zero-order valence-corrected chi connectivity index (χ0v) is 7.68. The molecule has 0 spiro atoms. The summed E-state index contributed by atoms with van der Waals surface area (Å²) in [7, 11) is 1.77. The Labute approximate surface area is 69.5 Å². The van der Waals surface area contributed by atoms with E-state index < -0.39 is 0 Å². The molecule has 0 aromatic heterocycles. The van der Waals surface area contributed by atoms with Gasteiger partial charge in [-0.3, -0.25) is 0 Å². The average Bonchev–Trinajstić information content (AvgIpc) is 2.48.